The largest absolute Gasteiger partial charge is 0.478 e. The Morgan fingerprint density at radius 2 is 1.47 bits per heavy atom. The van der Waals surface area contributed by atoms with Crippen LogP contribution in [0.25, 0.3) is 0 Å². The first-order valence-electron chi connectivity index (χ1n) is 12.4. The number of aromatic carboxylic acids is 1. The summed E-state index contributed by atoms with van der Waals surface area (Å²) in [5.41, 5.74) is 7.85. The number of aryl methyl sites for hydroxylation is 2. The topological polar surface area (TPSA) is 52.6 Å². The zero-order chi connectivity index (χ0) is 23.3. The molecular formula is C30H32N2O2. The average molecular weight is 453 g/mol. The second-order valence-electron chi connectivity index (χ2n) is 9.49. The van der Waals surface area contributed by atoms with Crippen molar-refractivity contribution in [2.24, 2.45) is 5.92 Å². The van der Waals surface area contributed by atoms with E-state index in [-0.39, 0.29) is 0 Å². The number of nitrogens with one attached hydrogen (secondary N) is 1. The number of anilines is 3. The van der Waals surface area contributed by atoms with Crippen molar-refractivity contribution >= 4 is 23.0 Å². The molecule has 0 amide bonds. The summed E-state index contributed by atoms with van der Waals surface area (Å²) < 4.78 is 0. The van der Waals surface area contributed by atoms with Crippen LogP contribution in [0.4, 0.5) is 17.1 Å². The molecule has 0 saturated carbocycles. The van der Waals surface area contributed by atoms with Gasteiger partial charge in [-0.1, -0.05) is 35.9 Å². The lowest BCUT2D eigenvalue weighted by atomic mass is 9.82. The highest BCUT2D eigenvalue weighted by atomic mass is 16.4. The number of hydrogen-bond donors (Lipinski definition) is 2. The summed E-state index contributed by atoms with van der Waals surface area (Å²) in [5.74, 6) is -0.0735. The third-order valence-electron chi connectivity index (χ3n) is 7.19. The number of allylic oxidation sites excluding steroid dienone is 1. The molecule has 4 heteroatoms. The van der Waals surface area contributed by atoms with E-state index in [2.05, 4.69) is 64.8 Å². The van der Waals surface area contributed by atoms with E-state index in [0.29, 0.717) is 5.56 Å². The van der Waals surface area contributed by atoms with Crippen LogP contribution in [0.5, 0.6) is 0 Å². The van der Waals surface area contributed by atoms with Crippen molar-refractivity contribution in [3.8, 4) is 0 Å². The molecule has 174 valence electrons. The Morgan fingerprint density at radius 3 is 2.12 bits per heavy atom. The molecule has 1 atom stereocenters. The summed E-state index contributed by atoms with van der Waals surface area (Å²) >= 11 is 0. The third-order valence-corrected chi connectivity index (χ3v) is 7.19. The molecule has 2 N–H and O–H groups in total. The van der Waals surface area contributed by atoms with Crippen LogP contribution in [0.3, 0.4) is 0 Å². The third kappa shape index (κ3) is 5.33. The summed E-state index contributed by atoms with van der Waals surface area (Å²) in [6.07, 6.45) is 9.83. The van der Waals surface area contributed by atoms with Gasteiger partial charge in [0.25, 0.3) is 0 Å². The molecule has 0 bridgehead atoms. The van der Waals surface area contributed by atoms with Crippen molar-refractivity contribution in [1.29, 1.82) is 0 Å². The quantitative estimate of drug-likeness (QED) is 0.385. The predicted molar refractivity (Wildman–Crippen MR) is 139 cm³/mol. The number of hydrogen-bond acceptors (Lipinski definition) is 3. The number of benzene rings is 3. The van der Waals surface area contributed by atoms with Gasteiger partial charge in [-0.15, -0.1) is 0 Å². The Balaban J connectivity index is 1.13. The van der Waals surface area contributed by atoms with Crippen molar-refractivity contribution in [2.75, 3.05) is 23.3 Å². The van der Waals surface area contributed by atoms with Gasteiger partial charge in [-0.2, -0.15) is 0 Å². The second kappa shape index (κ2) is 10.2. The first-order valence-corrected chi connectivity index (χ1v) is 12.4. The number of fused-ring (bicyclic) bond motifs is 1. The first kappa shape index (κ1) is 22.3. The Bertz CT molecular complexity index is 1150. The van der Waals surface area contributed by atoms with Crippen LogP contribution < -0.4 is 10.2 Å². The molecule has 1 fully saturated rings. The fraction of sp³-hybridized carbons (Fsp3) is 0.300. The molecule has 3 aromatic rings. The number of piperidine rings is 1. The number of nitrogens with zero attached hydrogens (tertiary/aromatic N) is 1. The van der Waals surface area contributed by atoms with Gasteiger partial charge in [0.05, 0.1) is 5.56 Å². The fourth-order valence-corrected chi connectivity index (χ4v) is 5.14. The van der Waals surface area contributed by atoms with E-state index in [1.54, 1.807) is 29.8 Å². The highest BCUT2D eigenvalue weighted by molar-refractivity contribution is 5.88. The van der Waals surface area contributed by atoms with Gasteiger partial charge in [0.1, 0.15) is 0 Å². The summed E-state index contributed by atoms with van der Waals surface area (Å²) in [7, 11) is 0. The van der Waals surface area contributed by atoms with Gasteiger partial charge < -0.3 is 15.3 Å². The van der Waals surface area contributed by atoms with Crippen molar-refractivity contribution in [3.05, 3.63) is 101 Å². The maximum absolute atomic E-state index is 11.0. The van der Waals surface area contributed by atoms with Crippen molar-refractivity contribution in [1.82, 2.24) is 0 Å². The van der Waals surface area contributed by atoms with Crippen molar-refractivity contribution < 1.29 is 9.90 Å². The number of carboxylic acid groups (broad SMARTS) is 1. The highest BCUT2D eigenvalue weighted by Gasteiger charge is 2.25. The molecule has 34 heavy (non-hydrogen) atoms. The molecule has 0 radical (unpaired) electrons. The van der Waals surface area contributed by atoms with Gasteiger partial charge in [-0.25, -0.2) is 4.79 Å². The van der Waals surface area contributed by atoms with E-state index in [1.807, 2.05) is 0 Å². The van der Waals surface area contributed by atoms with Crippen LogP contribution in [0.1, 0.15) is 47.2 Å². The highest BCUT2D eigenvalue weighted by Crippen LogP contribution is 2.34. The van der Waals surface area contributed by atoms with Crippen molar-refractivity contribution in [2.45, 2.75) is 38.5 Å². The Kier molecular flexibility index (Phi) is 6.66. The zero-order valence-corrected chi connectivity index (χ0v) is 19.5. The minimum absolute atomic E-state index is 0.292. The molecule has 1 heterocycles. The number of carbonyl (C=O) groups is 1. The molecule has 2 aliphatic rings. The van der Waals surface area contributed by atoms with Crippen LogP contribution >= 0.6 is 0 Å². The van der Waals surface area contributed by atoms with Gasteiger partial charge in [0.15, 0.2) is 0 Å². The van der Waals surface area contributed by atoms with Crippen molar-refractivity contribution in [3.63, 3.8) is 0 Å². The molecule has 3 aromatic carbocycles. The monoisotopic (exact) mass is 452 g/mol. The smallest absolute Gasteiger partial charge is 0.335 e. The van der Waals surface area contributed by atoms with Gasteiger partial charge in [0.2, 0.25) is 0 Å². The van der Waals surface area contributed by atoms with E-state index < -0.39 is 5.97 Å². The van der Waals surface area contributed by atoms with Crippen LogP contribution in [0.15, 0.2) is 84.4 Å². The summed E-state index contributed by atoms with van der Waals surface area (Å²) in [5, 5.41) is 12.3. The van der Waals surface area contributed by atoms with E-state index in [9.17, 15) is 4.79 Å². The molecule has 1 unspecified atom stereocenters. The lowest BCUT2D eigenvalue weighted by Gasteiger charge is -2.37. The molecule has 0 spiro atoms. The summed E-state index contributed by atoms with van der Waals surface area (Å²) in [4.78, 5) is 13.5. The Morgan fingerprint density at radius 1 is 0.853 bits per heavy atom. The lowest BCUT2D eigenvalue weighted by molar-refractivity contribution is 0.0697. The molecule has 4 nitrogen and oxygen atoms in total. The minimum Gasteiger partial charge on any atom is -0.478 e. The SMILES string of the molecule is O=C(O)c1ccc(Nc2ccc(CCc3ccc(N4CCC5CCCC=C5C4)cc3)cc2)cc1. The van der Waals surface area contributed by atoms with Gasteiger partial charge >= 0.3 is 5.97 Å². The molecule has 1 aliphatic carbocycles. The fourth-order valence-electron chi connectivity index (χ4n) is 5.14. The van der Waals surface area contributed by atoms with Crippen LogP contribution in [-0.4, -0.2) is 24.2 Å². The average Bonchev–Trinajstić information content (AvgIpc) is 2.89. The van der Waals surface area contributed by atoms with Gasteiger partial charge in [-0.3, -0.25) is 0 Å². The predicted octanol–water partition coefficient (Wildman–Crippen LogP) is 6.85. The number of carboxylic acids is 1. The molecule has 0 aromatic heterocycles. The Hall–Kier alpha value is -3.53. The summed E-state index contributed by atoms with van der Waals surface area (Å²) in [6, 6.07) is 24.4. The van der Waals surface area contributed by atoms with Gasteiger partial charge in [-0.05, 0) is 104 Å². The second-order valence-corrected chi connectivity index (χ2v) is 9.49. The molecule has 5 rings (SSSR count). The maximum Gasteiger partial charge on any atom is 0.335 e. The molecular weight excluding hydrogens is 420 g/mol. The number of rotatable bonds is 7. The standard InChI is InChI=1S/C30H32N2O2/c33-30(34)25-11-15-28(16-12-25)31-27-13-7-22(8-14-27)5-6-23-9-17-29(18-10-23)32-20-19-24-3-1-2-4-26(24)21-32/h4,7-18,24,31H,1-3,5-6,19-21H2,(H,33,34). The molecule has 1 aliphatic heterocycles. The maximum atomic E-state index is 11.0. The van der Waals surface area contributed by atoms with E-state index in [1.165, 1.54) is 49.0 Å². The Labute approximate surface area is 201 Å². The van der Waals surface area contributed by atoms with Gasteiger partial charge in [0, 0.05) is 30.2 Å². The first-order chi connectivity index (χ1) is 16.6. The van der Waals surface area contributed by atoms with Crippen LogP contribution in [-0.2, 0) is 12.8 Å². The van der Waals surface area contributed by atoms with E-state index in [0.717, 1.165) is 36.7 Å². The minimum atomic E-state index is -0.910. The van der Waals surface area contributed by atoms with E-state index >= 15 is 0 Å². The van der Waals surface area contributed by atoms with Crippen LogP contribution in [0, 0.1) is 5.92 Å². The van der Waals surface area contributed by atoms with E-state index in [4.69, 9.17) is 5.11 Å². The summed E-state index contributed by atoms with van der Waals surface area (Å²) in [6.45, 7) is 2.28. The zero-order valence-electron chi connectivity index (χ0n) is 19.5. The lowest BCUT2D eigenvalue weighted by Crippen LogP contribution is -2.36. The molecule has 1 saturated heterocycles. The normalized spacial score (nSPS) is 17.6. The van der Waals surface area contributed by atoms with Crippen LogP contribution in [0.2, 0.25) is 0 Å².